The number of amides is 1. The zero-order valence-corrected chi connectivity index (χ0v) is 17.8. The third-order valence-electron chi connectivity index (χ3n) is 4.69. The van der Waals surface area contributed by atoms with E-state index in [1.807, 2.05) is 0 Å². The van der Waals surface area contributed by atoms with Crippen LogP contribution in [0.5, 0.6) is 0 Å². The van der Waals surface area contributed by atoms with Gasteiger partial charge < -0.3 is 21.0 Å². The highest BCUT2D eigenvalue weighted by Crippen LogP contribution is 2.33. The van der Waals surface area contributed by atoms with Crippen LogP contribution in [-0.2, 0) is 6.18 Å². The first kappa shape index (κ1) is 23.3. The fourth-order valence-electron chi connectivity index (χ4n) is 2.93. The van der Waals surface area contributed by atoms with Gasteiger partial charge in [-0.25, -0.2) is 4.98 Å². The number of anilines is 1. The topological polar surface area (TPSA) is 96.8 Å². The third-order valence-corrected chi connectivity index (χ3v) is 4.69. The van der Waals surface area contributed by atoms with Gasteiger partial charge in [-0.1, -0.05) is 17.9 Å². The van der Waals surface area contributed by atoms with Crippen LogP contribution in [0.25, 0.3) is 5.69 Å². The van der Waals surface area contributed by atoms with E-state index in [0.717, 1.165) is 23.9 Å². The Kier molecular flexibility index (Phi) is 6.68. The smallest absolute Gasteiger partial charge is 0.404 e. The summed E-state index contributed by atoms with van der Waals surface area (Å²) in [4.78, 5) is 16.9. The van der Waals surface area contributed by atoms with Crippen molar-refractivity contribution >= 4 is 17.8 Å². The number of nitrogens with zero attached hydrogens (tertiary/aromatic N) is 2. The molecule has 1 heterocycles. The van der Waals surface area contributed by atoms with Gasteiger partial charge in [0, 0.05) is 41.1 Å². The zero-order chi connectivity index (χ0) is 24.2. The van der Waals surface area contributed by atoms with Crippen molar-refractivity contribution in [3.63, 3.8) is 0 Å². The average Bonchev–Trinajstić information content (AvgIpc) is 3.21. The minimum atomic E-state index is -4.60. The number of benzene rings is 2. The van der Waals surface area contributed by atoms with Gasteiger partial charge in [0.15, 0.2) is 0 Å². The van der Waals surface area contributed by atoms with Gasteiger partial charge in [-0.05, 0) is 49.7 Å². The van der Waals surface area contributed by atoms with Crippen molar-refractivity contribution in [3.8, 4) is 17.5 Å². The molecule has 6 nitrogen and oxygen atoms in total. The molecule has 0 radical (unpaired) electrons. The molecule has 3 aromatic rings. The highest BCUT2D eigenvalue weighted by molar-refractivity contribution is 6.04. The maximum absolute atomic E-state index is 13.5. The number of nitrogens with two attached hydrogens (primary N) is 1. The standard InChI is InChI=1S/C24H20F3N5O/c1-15-3-5-19(7-18(15)6-4-17(11-28)12-29)23(33)31-21-8-20(24(25,26)27)9-22(10-21)32-13-16(2)30-14-32/h3,5,7-14,28H,29H2,1-2H3,(H,31,33)/b17-12-,28-11?. The summed E-state index contributed by atoms with van der Waals surface area (Å²) in [5, 5.41) is 9.76. The van der Waals surface area contributed by atoms with E-state index in [2.05, 4.69) is 22.1 Å². The predicted molar refractivity (Wildman–Crippen MR) is 120 cm³/mol. The fraction of sp³-hybridized carbons (Fsp3) is 0.125. The van der Waals surface area contributed by atoms with Crippen LogP contribution in [0.3, 0.4) is 0 Å². The van der Waals surface area contributed by atoms with Crippen LogP contribution in [-0.4, -0.2) is 21.7 Å². The van der Waals surface area contributed by atoms with E-state index in [-0.39, 0.29) is 16.9 Å². The van der Waals surface area contributed by atoms with Gasteiger partial charge >= 0.3 is 6.18 Å². The Labute approximate surface area is 188 Å². The first-order valence-electron chi connectivity index (χ1n) is 9.70. The summed E-state index contributed by atoms with van der Waals surface area (Å²) < 4.78 is 41.8. The molecule has 2 aromatic carbocycles. The van der Waals surface area contributed by atoms with Crippen molar-refractivity contribution in [2.45, 2.75) is 20.0 Å². The number of imidazole rings is 1. The van der Waals surface area contributed by atoms with Crippen LogP contribution in [0.1, 0.15) is 32.7 Å². The second-order valence-electron chi connectivity index (χ2n) is 7.19. The van der Waals surface area contributed by atoms with Crippen LogP contribution < -0.4 is 11.1 Å². The van der Waals surface area contributed by atoms with Crippen LogP contribution >= 0.6 is 0 Å². The second kappa shape index (κ2) is 9.44. The van der Waals surface area contributed by atoms with Gasteiger partial charge in [0.25, 0.3) is 5.91 Å². The van der Waals surface area contributed by atoms with Crippen molar-refractivity contribution in [1.82, 2.24) is 9.55 Å². The van der Waals surface area contributed by atoms with Gasteiger partial charge in [0.2, 0.25) is 0 Å². The maximum atomic E-state index is 13.5. The van der Waals surface area contributed by atoms with Gasteiger partial charge in [-0.15, -0.1) is 0 Å². The SMILES string of the molecule is Cc1cn(-c2cc(NC(=O)c3ccc(C)c(C#C/C(C=N)=C/N)c3)cc(C(F)(F)F)c2)cn1. The summed E-state index contributed by atoms with van der Waals surface area (Å²) in [6.45, 7) is 3.52. The number of alkyl halides is 3. The Balaban J connectivity index is 1.95. The molecule has 0 aliphatic rings. The Morgan fingerprint density at radius 3 is 2.58 bits per heavy atom. The summed E-state index contributed by atoms with van der Waals surface area (Å²) in [7, 11) is 0. The number of hydrogen-bond donors (Lipinski definition) is 3. The quantitative estimate of drug-likeness (QED) is 0.399. The van der Waals surface area contributed by atoms with E-state index in [1.165, 1.54) is 29.2 Å². The lowest BCUT2D eigenvalue weighted by molar-refractivity contribution is -0.137. The van der Waals surface area contributed by atoms with Crippen LogP contribution in [0.4, 0.5) is 18.9 Å². The average molecular weight is 451 g/mol. The van der Waals surface area contributed by atoms with E-state index < -0.39 is 17.6 Å². The number of carbonyl (C=O) groups excluding carboxylic acids is 1. The van der Waals surface area contributed by atoms with E-state index >= 15 is 0 Å². The third kappa shape index (κ3) is 5.68. The number of hydrogen-bond acceptors (Lipinski definition) is 4. The lowest BCUT2D eigenvalue weighted by atomic mass is 10.0. The van der Waals surface area contributed by atoms with Crippen LogP contribution in [0, 0.1) is 31.1 Å². The summed E-state index contributed by atoms with van der Waals surface area (Å²) in [6, 6.07) is 8.07. The van der Waals surface area contributed by atoms with E-state index in [0.29, 0.717) is 16.8 Å². The molecule has 0 aliphatic carbocycles. The van der Waals surface area contributed by atoms with Crippen molar-refractivity contribution in [2.75, 3.05) is 5.32 Å². The molecule has 1 amide bonds. The maximum Gasteiger partial charge on any atom is 0.416 e. The molecular formula is C24H20F3N5O. The second-order valence-corrected chi connectivity index (χ2v) is 7.19. The molecule has 0 saturated carbocycles. The highest BCUT2D eigenvalue weighted by atomic mass is 19.4. The number of aryl methyl sites for hydroxylation is 2. The molecule has 0 aliphatic heterocycles. The number of aromatic nitrogens is 2. The largest absolute Gasteiger partial charge is 0.416 e. The summed E-state index contributed by atoms with van der Waals surface area (Å²) >= 11 is 0. The molecular weight excluding hydrogens is 431 g/mol. The van der Waals surface area contributed by atoms with E-state index in [1.54, 1.807) is 32.2 Å². The molecule has 168 valence electrons. The lowest BCUT2D eigenvalue weighted by Gasteiger charge is -2.14. The summed E-state index contributed by atoms with van der Waals surface area (Å²) in [5.74, 6) is 4.98. The van der Waals surface area contributed by atoms with Crippen molar-refractivity contribution < 1.29 is 18.0 Å². The summed E-state index contributed by atoms with van der Waals surface area (Å²) in [5.41, 5.74) is 7.16. The van der Waals surface area contributed by atoms with Crippen molar-refractivity contribution in [2.24, 2.45) is 5.73 Å². The van der Waals surface area contributed by atoms with Crippen molar-refractivity contribution in [1.29, 1.82) is 5.41 Å². The lowest BCUT2D eigenvalue weighted by Crippen LogP contribution is -2.14. The molecule has 0 fully saturated rings. The first-order chi connectivity index (χ1) is 15.6. The van der Waals surface area contributed by atoms with Crippen LogP contribution in [0.2, 0.25) is 0 Å². The molecule has 0 atom stereocenters. The number of allylic oxidation sites excluding steroid dienone is 1. The number of nitrogens with one attached hydrogen (secondary N) is 2. The number of carbonyl (C=O) groups is 1. The number of halogens is 3. The molecule has 0 saturated heterocycles. The molecule has 9 heteroatoms. The minimum absolute atomic E-state index is 0.0125. The van der Waals surface area contributed by atoms with E-state index in [4.69, 9.17) is 11.1 Å². The first-order valence-corrected chi connectivity index (χ1v) is 9.70. The summed E-state index contributed by atoms with van der Waals surface area (Å²) in [6.07, 6.45) is 0.593. The monoisotopic (exact) mass is 451 g/mol. The Bertz CT molecular complexity index is 1310. The van der Waals surface area contributed by atoms with Crippen LogP contribution in [0.15, 0.2) is 60.7 Å². The van der Waals surface area contributed by atoms with Gasteiger partial charge in [-0.2, -0.15) is 13.2 Å². The molecule has 0 unspecified atom stereocenters. The van der Waals surface area contributed by atoms with E-state index in [9.17, 15) is 18.0 Å². The number of rotatable bonds is 4. The fourth-order valence-corrected chi connectivity index (χ4v) is 2.93. The molecule has 4 N–H and O–H groups in total. The Morgan fingerprint density at radius 1 is 1.21 bits per heavy atom. The normalized spacial score (nSPS) is 11.5. The predicted octanol–water partition coefficient (Wildman–Crippen LogP) is 4.60. The van der Waals surface area contributed by atoms with Gasteiger partial charge in [-0.3, -0.25) is 4.79 Å². The Morgan fingerprint density at radius 2 is 1.97 bits per heavy atom. The molecule has 0 spiro atoms. The van der Waals surface area contributed by atoms with Gasteiger partial charge in [0.05, 0.1) is 23.2 Å². The molecule has 1 aromatic heterocycles. The Hall–Kier alpha value is -4.32. The molecule has 0 bridgehead atoms. The highest BCUT2D eigenvalue weighted by Gasteiger charge is 2.31. The zero-order valence-electron chi connectivity index (χ0n) is 17.8. The van der Waals surface area contributed by atoms with Gasteiger partial charge in [0.1, 0.15) is 0 Å². The molecule has 3 rings (SSSR count). The molecule has 33 heavy (non-hydrogen) atoms. The van der Waals surface area contributed by atoms with Crippen molar-refractivity contribution in [3.05, 3.63) is 88.6 Å². The minimum Gasteiger partial charge on any atom is -0.404 e.